The van der Waals surface area contributed by atoms with Gasteiger partial charge in [0.25, 0.3) is 0 Å². The van der Waals surface area contributed by atoms with Crippen molar-refractivity contribution in [3.05, 3.63) is 0 Å². The van der Waals surface area contributed by atoms with Crippen LogP contribution in [0.5, 0.6) is 0 Å². The molecule has 0 bridgehead atoms. The van der Waals surface area contributed by atoms with Gasteiger partial charge in [0.1, 0.15) is 24.4 Å². The van der Waals surface area contributed by atoms with Gasteiger partial charge < -0.3 is 37.9 Å². The molecule has 1 aliphatic heterocycles. The molecule has 1 saturated heterocycles. The van der Waals surface area contributed by atoms with Crippen LogP contribution in [0.1, 0.15) is 0 Å². The topological polar surface area (TPSA) is 90.9 Å². The lowest BCUT2D eigenvalue weighted by atomic mass is 9.98. The van der Waals surface area contributed by atoms with Gasteiger partial charge in [-0.05, 0) is 0 Å². The minimum Gasteiger partial charge on any atom is -0.467 e. The average molecular weight is 352 g/mol. The summed E-state index contributed by atoms with van der Waals surface area (Å²) in [5, 5.41) is 0. The van der Waals surface area contributed by atoms with Gasteiger partial charge in [-0.15, -0.1) is 0 Å². The lowest BCUT2D eigenvalue weighted by Gasteiger charge is -2.43. The van der Waals surface area contributed by atoms with Gasteiger partial charge in [-0.1, -0.05) is 0 Å². The number of hydrogen-bond donors (Lipinski definition) is 0. The largest absolute Gasteiger partial charge is 0.467 e. The molecule has 6 atom stereocenters. The van der Waals surface area contributed by atoms with Gasteiger partial charge in [-0.3, -0.25) is 0 Å². The van der Waals surface area contributed by atoms with Crippen molar-refractivity contribution in [1.82, 2.24) is 0 Å². The van der Waals surface area contributed by atoms with E-state index in [1.807, 2.05) is 0 Å². The Hall–Kier alpha value is -0.810. The predicted molar refractivity (Wildman–Crippen MR) is 81.7 cm³/mol. The number of carbonyl (C=O) groups is 1. The van der Waals surface area contributed by atoms with Gasteiger partial charge >= 0.3 is 5.97 Å². The fourth-order valence-corrected chi connectivity index (χ4v) is 2.60. The van der Waals surface area contributed by atoms with Crippen molar-refractivity contribution in [2.45, 2.75) is 36.8 Å². The van der Waals surface area contributed by atoms with Crippen LogP contribution in [0.25, 0.3) is 0 Å². The zero-order valence-electron chi connectivity index (χ0n) is 15.1. The van der Waals surface area contributed by atoms with Gasteiger partial charge in [0.2, 0.25) is 0 Å². The highest BCUT2D eigenvalue weighted by molar-refractivity contribution is 5.75. The van der Waals surface area contributed by atoms with Crippen molar-refractivity contribution in [2.75, 3.05) is 55.9 Å². The van der Waals surface area contributed by atoms with Gasteiger partial charge in [-0.25, -0.2) is 4.79 Å². The molecular formula is C15H28O9. The second kappa shape index (κ2) is 10.9. The van der Waals surface area contributed by atoms with Gasteiger partial charge in [0, 0.05) is 35.5 Å². The molecule has 1 fully saturated rings. The van der Waals surface area contributed by atoms with Crippen LogP contribution in [0, 0.1) is 0 Å². The van der Waals surface area contributed by atoms with Crippen LogP contribution >= 0.6 is 0 Å². The molecule has 0 radical (unpaired) electrons. The summed E-state index contributed by atoms with van der Waals surface area (Å²) in [5.74, 6) is -0.577. The maximum absolute atomic E-state index is 12.0. The predicted octanol–water partition coefficient (Wildman–Crippen LogP) is -0.393. The van der Waals surface area contributed by atoms with E-state index in [1.165, 1.54) is 28.4 Å². The van der Waals surface area contributed by atoms with Crippen molar-refractivity contribution < 1.29 is 42.7 Å². The third kappa shape index (κ3) is 5.09. The molecule has 1 aliphatic rings. The van der Waals surface area contributed by atoms with Crippen molar-refractivity contribution in [3.63, 3.8) is 0 Å². The highest BCUT2D eigenvalue weighted by atomic mass is 16.7. The van der Waals surface area contributed by atoms with Crippen molar-refractivity contribution >= 4 is 5.97 Å². The lowest BCUT2D eigenvalue weighted by Crippen LogP contribution is -2.62. The second-order valence-corrected chi connectivity index (χ2v) is 5.20. The summed E-state index contributed by atoms with van der Waals surface area (Å²) in [6.45, 7) is 0.548. The van der Waals surface area contributed by atoms with Crippen LogP contribution in [0.2, 0.25) is 0 Å². The van der Waals surface area contributed by atoms with Crippen molar-refractivity contribution in [3.8, 4) is 0 Å². The molecule has 0 aromatic carbocycles. The monoisotopic (exact) mass is 352 g/mol. The summed E-state index contributed by atoms with van der Waals surface area (Å²) < 4.78 is 42.8. The van der Waals surface area contributed by atoms with E-state index in [0.717, 1.165) is 0 Å². The summed E-state index contributed by atoms with van der Waals surface area (Å²) in [7, 11) is 8.87. The van der Waals surface area contributed by atoms with Crippen LogP contribution < -0.4 is 0 Å². The molecule has 9 nitrogen and oxygen atoms in total. The molecule has 0 amide bonds. The first-order chi connectivity index (χ1) is 11.6. The fraction of sp³-hybridized carbons (Fsp3) is 0.933. The van der Waals surface area contributed by atoms with Crippen LogP contribution in [0.4, 0.5) is 0 Å². The summed E-state index contributed by atoms with van der Waals surface area (Å²) in [6, 6.07) is 0. The fourth-order valence-electron chi connectivity index (χ4n) is 2.60. The Kier molecular flexibility index (Phi) is 9.67. The van der Waals surface area contributed by atoms with Crippen LogP contribution in [-0.2, 0) is 42.7 Å². The Morgan fingerprint density at radius 3 is 2.00 bits per heavy atom. The van der Waals surface area contributed by atoms with Crippen LogP contribution in [0.3, 0.4) is 0 Å². The zero-order chi connectivity index (χ0) is 18.1. The first kappa shape index (κ1) is 21.2. The van der Waals surface area contributed by atoms with Gasteiger partial charge in [0.05, 0.1) is 20.3 Å². The molecule has 0 spiro atoms. The normalized spacial score (nSPS) is 31.7. The van der Waals surface area contributed by atoms with E-state index in [4.69, 9.17) is 37.9 Å². The number of carbonyl (C=O) groups excluding carboxylic acids is 1. The standard InChI is InChI=1S/C15H28O9/c1-17-7-9(18-2)8-23-15-13(21-5)11(20-4)10(19-3)12(24-15)14(16)22-6/h9-13,15H,7-8H2,1-6H3. The average Bonchev–Trinajstić information content (AvgIpc) is 2.62. The van der Waals surface area contributed by atoms with E-state index >= 15 is 0 Å². The molecule has 0 aliphatic carbocycles. The number of rotatable bonds is 10. The minimum absolute atomic E-state index is 0.191. The maximum Gasteiger partial charge on any atom is 0.337 e. The highest BCUT2D eigenvalue weighted by Gasteiger charge is 2.51. The summed E-state index contributed by atoms with van der Waals surface area (Å²) in [6.07, 6.45) is -4.00. The Morgan fingerprint density at radius 2 is 1.54 bits per heavy atom. The molecule has 0 saturated carbocycles. The quantitative estimate of drug-likeness (QED) is 0.487. The number of hydrogen-bond acceptors (Lipinski definition) is 9. The minimum atomic E-state index is -0.996. The van der Waals surface area contributed by atoms with E-state index in [1.54, 1.807) is 14.2 Å². The summed E-state index contributed by atoms with van der Waals surface area (Å²) >= 11 is 0. The first-order valence-corrected chi connectivity index (χ1v) is 7.52. The Labute approximate surface area is 142 Å². The first-order valence-electron chi connectivity index (χ1n) is 7.52. The van der Waals surface area contributed by atoms with Crippen LogP contribution in [-0.4, -0.2) is 98.7 Å². The lowest BCUT2D eigenvalue weighted by molar-refractivity contribution is -0.309. The van der Waals surface area contributed by atoms with Crippen LogP contribution in [0.15, 0.2) is 0 Å². The molecule has 24 heavy (non-hydrogen) atoms. The molecule has 1 rings (SSSR count). The van der Waals surface area contributed by atoms with E-state index in [-0.39, 0.29) is 12.7 Å². The zero-order valence-corrected chi connectivity index (χ0v) is 15.1. The molecular weight excluding hydrogens is 324 g/mol. The molecule has 6 unspecified atom stereocenters. The molecule has 142 valence electrons. The van der Waals surface area contributed by atoms with E-state index in [9.17, 15) is 4.79 Å². The molecule has 9 heteroatoms. The Balaban J connectivity index is 2.89. The summed E-state index contributed by atoms with van der Waals surface area (Å²) in [5.41, 5.74) is 0. The molecule has 0 aromatic rings. The van der Waals surface area contributed by atoms with E-state index < -0.39 is 36.7 Å². The van der Waals surface area contributed by atoms with E-state index in [2.05, 4.69) is 0 Å². The summed E-state index contributed by atoms with van der Waals surface area (Å²) in [4.78, 5) is 12.0. The Morgan fingerprint density at radius 1 is 0.917 bits per heavy atom. The third-order valence-corrected chi connectivity index (χ3v) is 3.88. The SMILES string of the molecule is COCC(COC1OC(C(=O)OC)C(OC)C(OC)C1OC)OC. The third-order valence-electron chi connectivity index (χ3n) is 3.88. The highest BCUT2D eigenvalue weighted by Crippen LogP contribution is 2.28. The van der Waals surface area contributed by atoms with E-state index in [0.29, 0.717) is 6.61 Å². The number of esters is 1. The van der Waals surface area contributed by atoms with Gasteiger partial charge in [-0.2, -0.15) is 0 Å². The second-order valence-electron chi connectivity index (χ2n) is 5.20. The van der Waals surface area contributed by atoms with Crippen molar-refractivity contribution in [1.29, 1.82) is 0 Å². The molecule has 0 aromatic heterocycles. The number of ether oxygens (including phenoxy) is 8. The smallest absolute Gasteiger partial charge is 0.337 e. The maximum atomic E-state index is 12.0. The molecule has 0 N–H and O–H groups in total. The number of methoxy groups -OCH3 is 6. The molecule has 1 heterocycles. The Bertz CT molecular complexity index is 365. The van der Waals surface area contributed by atoms with Crippen molar-refractivity contribution in [2.24, 2.45) is 0 Å². The van der Waals surface area contributed by atoms with Gasteiger partial charge in [0.15, 0.2) is 12.4 Å².